The Balaban J connectivity index is 2.12. The SMILES string of the molecule is CN(C(=O)C1CCC1C(=O)O)C1CCCCC1S(C)(=O)=O. The molecule has 7 heteroatoms. The maximum atomic E-state index is 12.5. The lowest BCUT2D eigenvalue weighted by Crippen LogP contribution is -2.53. The molecule has 120 valence electrons. The largest absolute Gasteiger partial charge is 0.481 e. The zero-order valence-electron chi connectivity index (χ0n) is 12.5. The first-order valence-corrected chi connectivity index (χ1v) is 9.37. The van der Waals surface area contributed by atoms with Gasteiger partial charge in [-0.15, -0.1) is 0 Å². The minimum atomic E-state index is -3.21. The van der Waals surface area contributed by atoms with Crippen LogP contribution in [0.2, 0.25) is 0 Å². The van der Waals surface area contributed by atoms with Crippen LogP contribution in [0.4, 0.5) is 0 Å². The summed E-state index contributed by atoms with van der Waals surface area (Å²) in [6.07, 6.45) is 5.34. The van der Waals surface area contributed by atoms with Crippen LogP contribution in [-0.2, 0) is 19.4 Å². The summed E-state index contributed by atoms with van der Waals surface area (Å²) in [5.41, 5.74) is 0. The van der Waals surface area contributed by atoms with Crippen LogP contribution >= 0.6 is 0 Å². The van der Waals surface area contributed by atoms with Crippen molar-refractivity contribution in [3.63, 3.8) is 0 Å². The van der Waals surface area contributed by atoms with Crippen LogP contribution in [0.5, 0.6) is 0 Å². The molecule has 1 N–H and O–H groups in total. The van der Waals surface area contributed by atoms with Gasteiger partial charge in [0.15, 0.2) is 9.84 Å². The van der Waals surface area contributed by atoms with Gasteiger partial charge in [0, 0.05) is 19.3 Å². The lowest BCUT2D eigenvalue weighted by atomic mass is 9.72. The van der Waals surface area contributed by atoms with E-state index in [1.807, 2.05) is 0 Å². The van der Waals surface area contributed by atoms with E-state index in [9.17, 15) is 18.0 Å². The minimum Gasteiger partial charge on any atom is -0.481 e. The first-order valence-electron chi connectivity index (χ1n) is 7.42. The van der Waals surface area contributed by atoms with Gasteiger partial charge in [0.05, 0.1) is 17.1 Å². The smallest absolute Gasteiger partial charge is 0.307 e. The second-order valence-electron chi connectivity index (χ2n) is 6.30. The van der Waals surface area contributed by atoms with Gasteiger partial charge in [0.25, 0.3) is 0 Å². The molecule has 0 spiro atoms. The van der Waals surface area contributed by atoms with E-state index in [0.717, 1.165) is 12.8 Å². The van der Waals surface area contributed by atoms with Gasteiger partial charge in [-0.1, -0.05) is 12.8 Å². The normalized spacial score (nSPS) is 33.0. The highest BCUT2D eigenvalue weighted by Gasteiger charge is 2.45. The number of carbonyl (C=O) groups is 2. The van der Waals surface area contributed by atoms with Gasteiger partial charge in [0.1, 0.15) is 0 Å². The molecule has 0 radical (unpaired) electrons. The zero-order valence-corrected chi connectivity index (χ0v) is 13.3. The summed E-state index contributed by atoms with van der Waals surface area (Å²) in [6.45, 7) is 0. The number of amides is 1. The van der Waals surface area contributed by atoms with Crippen molar-refractivity contribution >= 4 is 21.7 Å². The molecule has 0 aromatic rings. The molecule has 0 aromatic heterocycles. The summed E-state index contributed by atoms with van der Waals surface area (Å²) >= 11 is 0. The van der Waals surface area contributed by atoms with Gasteiger partial charge in [-0.05, 0) is 25.7 Å². The molecular weight excluding hydrogens is 294 g/mol. The molecule has 0 heterocycles. The Morgan fingerprint density at radius 1 is 1.05 bits per heavy atom. The third kappa shape index (κ3) is 3.22. The number of hydrogen-bond acceptors (Lipinski definition) is 4. The second kappa shape index (κ2) is 5.94. The van der Waals surface area contributed by atoms with Crippen LogP contribution in [0.3, 0.4) is 0 Å². The highest BCUT2D eigenvalue weighted by molar-refractivity contribution is 7.91. The second-order valence-corrected chi connectivity index (χ2v) is 8.56. The molecular formula is C14H23NO5S. The molecule has 2 rings (SSSR count). The lowest BCUT2D eigenvalue weighted by Gasteiger charge is -2.41. The third-order valence-corrected chi connectivity index (χ3v) is 6.62. The van der Waals surface area contributed by atoms with Gasteiger partial charge < -0.3 is 10.0 Å². The van der Waals surface area contributed by atoms with E-state index in [1.54, 1.807) is 7.05 Å². The van der Waals surface area contributed by atoms with Gasteiger partial charge in [-0.3, -0.25) is 9.59 Å². The first-order chi connectivity index (χ1) is 9.73. The predicted octanol–water partition coefficient (Wildman–Crippen LogP) is 0.911. The molecule has 0 bridgehead atoms. The number of carboxylic acids is 1. The van der Waals surface area contributed by atoms with Gasteiger partial charge in [0.2, 0.25) is 5.91 Å². The Labute approximate surface area is 125 Å². The standard InChI is InChI=1S/C14H23NO5S/c1-15(13(16)9-7-8-10(9)14(17)18)11-5-3-4-6-12(11)21(2,19)20/h9-12H,3-8H2,1-2H3,(H,17,18). The molecule has 2 fully saturated rings. The highest BCUT2D eigenvalue weighted by atomic mass is 32.2. The molecule has 1 amide bonds. The number of rotatable bonds is 4. The van der Waals surface area contributed by atoms with Crippen molar-refractivity contribution in [3.05, 3.63) is 0 Å². The van der Waals surface area contributed by atoms with E-state index in [-0.39, 0.29) is 11.9 Å². The van der Waals surface area contributed by atoms with Crippen molar-refractivity contribution in [2.24, 2.45) is 11.8 Å². The number of sulfone groups is 1. The van der Waals surface area contributed by atoms with Crippen molar-refractivity contribution in [1.29, 1.82) is 0 Å². The summed E-state index contributed by atoms with van der Waals surface area (Å²) in [5.74, 6) is -2.25. The van der Waals surface area contributed by atoms with E-state index in [1.165, 1.54) is 11.2 Å². The topological polar surface area (TPSA) is 91.8 Å². The zero-order chi connectivity index (χ0) is 15.8. The van der Waals surface area contributed by atoms with Crippen LogP contribution < -0.4 is 0 Å². The van der Waals surface area contributed by atoms with Crippen LogP contribution in [0.1, 0.15) is 38.5 Å². The summed E-state index contributed by atoms with van der Waals surface area (Å²) in [5, 5.41) is 8.53. The summed E-state index contributed by atoms with van der Waals surface area (Å²) in [7, 11) is -1.59. The number of carbonyl (C=O) groups excluding carboxylic acids is 1. The maximum Gasteiger partial charge on any atom is 0.307 e. The molecule has 0 aromatic carbocycles. The average Bonchev–Trinajstić information content (AvgIpc) is 2.34. The van der Waals surface area contributed by atoms with Crippen molar-refractivity contribution < 1.29 is 23.1 Å². The molecule has 21 heavy (non-hydrogen) atoms. The van der Waals surface area contributed by atoms with Crippen molar-refractivity contribution in [1.82, 2.24) is 4.90 Å². The third-order valence-electron chi connectivity index (χ3n) is 4.97. The summed E-state index contributed by atoms with van der Waals surface area (Å²) in [6, 6.07) is -0.323. The Bertz CT molecular complexity index is 529. The molecule has 0 aliphatic heterocycles. The Morgan fingerprint density at radius 3 is 2.10 bits per heavy atom. The summed E-state index contributed by atoms with van der Waals surface area (Å²) in [4.78, 5) is 25.0. The van der Waals surface area contributed by atoms with Crippen molar-refractivity contribution in [3.8, 4) is 0 Å². The van der Waals surface area contributed by atoms with E-state index < -0.39 is 32.9 Å². The van der Waals surface area contributed by atoms with Crippen LogP contribution in [0, 0.1) is 11.8 Å². The van der Waals surface area contributed by atoms with E-state index in [4.69, 9.17) is 5.11 Å². The van der Waals surface area contributed by atoms with E-state index >= 15 is 0 Å². The fraction of sp³-hybridized carbons (Fsp3) is 0.857. The molecule has 6 nitrogen and oxygen atoms in total. The van der Waals surface area contributed by atoms with Crippen LogP contribution in [-0.4, -0.2) is 54.9 Å². The Hall–Kier alpha value is -1.11. The van der Waals surface area contributed by atoms with Gasteiger partial charge >= 0.3 is 5.97 Å². The van der Waals surface area contributed by atoms with Gasteiger partial charge in [-0.2, -0.15) is 0 Å². The monoisotopic (exact) mass is 317 g/mol. The van der Waals surface area contributed by atoms with E-state index in [2.05, 4.69) is 0 Å². The number of carboxylic acid groups (broad SMARTS) is 1. The predicted molar refractivity (Wildman–Crippen MR) is 77.5 cm³/mol. The maximum absolute atomic E-state index is 12.5. The Morgan fingerprint density at radius 2 is 1.62 bits per heavy atom. The van der Waals surface area contributed by atoms with Gasteiger partial charge in [-0.25, -0.2) is 8.42 Å². The highest BCUT2D eigenvalue weighted by Crippen LogP contribution is 2.37. The minimum absolute atomic E-state index is 0.214. The lowest BCUT2D eigenvalue weighted by molar-refractivity contribution is -0.157. The molecule has 0 saturated heterocycles. The molecule has 2 aliphatic carbocycles. The molecule has 2 saturated carbocycles. The average molecular weight is 317 g/mol. The number of aliphatic carboxylic acids is 1. The molecule has 4 unspecified atom stereocenters. The van der Waals surface area contributed by atoms with E-state index in [0.29, 0.717) is 25.7 Å². The first kappa shape index (κ1) is 16.3. The summed E-state index contributed by atoms with van der Waals surface area (Å²) < 4.78 is 23.8. The number of hydrogen-bond donors (Lipinski definition) is 1. The van der Waals surface area contributed by atoms with Crippen molar-refractivity contribution in [2.75, 3.05) is 13.3 Å². The molecule has 4 atom stereocenters. The van der Waals surface area contributed by atoms with Crippen LogP contribution in [0.25, 0.3) is 0 Å². The van der Waals surface area contributed by atoms with Crippen LogP contribution in [0.15, 0.2) is 0 Å². The van der Waals surface area contributed by atoms with Crippen molar-refractivity contribution in [2.45, 2.75) is 49.8 Å². The quantitative estimate of drug-likeness (QED) is 0.832. The fourth-order valence-corrected chi connectivity index (χ4v) is 5.02. The Kier molecular flexibility index (Phi) is 4.60. The fourth-order valence-electron chi connectivity index (χ4n) is 3.54. The number of nitrogens with zero attached hydrogens (tertiary/aromatic N) is 1. The molecule has 2 aliphatic rings.